The van der Waals surface area contributed by atoms with E-state index in [0.717, 1.165) is 0 Å². The summed E-state index contributed by atoms with van der Waals surface area (Å²) in [4.78, 5) is 12.2. The normalized spacial score (nSPS) is 10.3. The van der Waals surface area contributed by atoms with E-state index < -0.39 is 16.0 Å². The van der Waals surface area contributed by atoms with Gasteiger partial charge in [-0.15, -0.1) is 0 Å². The van der Waals surface area contributed by atoms with Crippen molar-refractivity contribution in [3.63, 3.8) is 0 Å². The lowest BCUT2D eigenvalue weighted by atomic mass is 11.2. The topological polar surface area (TPSA) is 64.4 Å². The fourth-order valence-electron chi connectivity index (χ4n) is 0.143. The van der Waals surface area contributed by atoms with Crippen LogP contribution in [0.15, 0.2) is 0 Å². The van der Waals surface area contributed by atoms with Gasteiger partial charge in [0.1, 0.15) is 10.5 Å². The monoisotopic (exact) mass is 136 g/mol. The molecular weight excluding hydrogens is 128 g/mol. The van der Waals surface area contributed by atoms with Crippen LogP contribution in [-0.2, 0) is 4.12 Å². The summed E-state index contributed by atoms with van der Waals surface area (Å²) in [5.41, 5.74) is 4.70. The van der Waals surface area contributed by atoms with Crippen LogP contribution in [0.5, 0.6) is 0 Å². The molecule has 0 atom stereocenters. The van der Waals surface area contributed by atoms with Gasteiger partial charge in [0.25, 0.3) is 9.92 Å². The molecule has 0 fully saturated rings. The van der Waals surface area contributed by atoms with Crippen LogP contribution in [0.25, 0.3) is 0 Å². The molecular formula is CH8N2O2Si2. The fraction of sp³-hybridized carbons (Fsp3) is 0. The second kappa shape index (κ2) is 3.84. The van der Waals surface area contributed by atoms with Gasteiger partial charge in [0.2, 0.25) is 0 Å². The molecule has 0 aliphatic carbocycles. The Morgan fingerprint density at radius 3 is 2.71 bits per heavy atom. The van der Waals surface area contributed by atoms with Gasteiger partial charge in [-0.3, -0.25) is 0 Å². The number of hydrogen-bond donors (Lipinski definition) is 2. The second-order valence-electron chi connectivity index (χ2n) is 0.974. The molecule has 0 aromatic rings. The van der Waals surface area contributed by atoms with Gasteiger partial charge in [0.05, 0.1) is 0 Å². The minimum Gasteiger partial charge on any atom is -0.453 e. The van der Waals surface area contributed by atoms with Crippen molar-refractivity contribution in [1.29, 1.82) is 0 Å². The van der Waals surface area contributed by atoms with E-state index in [1.165, 1.54) is 0 Å². The Morgan fingerprint density at radius 1 is 2.00 bits per heavy atom. The number of nitrogens with one attached hydrogen (secondary N) is 1. The van der Waals surface area contributed by atoms with Crippen molar-refractivity contribution < 1.29 is 8.91 Å². The van der Waals surface area contributed by atoms with Crippen LogP contribution >= 0.6 is 0 Å². The molecule has 0 saturated carbocycles. The summed E-state index contributed by atoms with van der Waals surface area (Å²) in [6, 6.07) is -0.484. The largest absolute Gasteiger partial charge is 0.453 e. The minimum absolute atomic E-state index is 0.484. The molecule has 0 spiro atoms. The molecule has 0 saturated heterocycles. The average molecular weight is 136 g/mol. The van der Waals surface area contributed by atoms with Crippen molar-refractivity contribution in [1.82, 2.24) is 4.98 Å². The summed E-state index contributed by atoms with van der Waals surface area (Å²) in [5, 5.41) is 0. The van der Waals surface area contributed by atoms with Crippen molar-refractivity contribution >= 4 is 26.4 Å². The summed E-state index contributed by atoms with van der Waals surface area (Å²) in [5.74, 6) is 0. The standard InChI is InChI=1S/CH8N2O2Si2/c2-1(4)3-7-5-6/h7H2,6H3,(H3,2,3,4). The van der Waals surface area contributed by atoms with E-state index in [0.29, 0.717) is 10.5 Å². The van der Waals surface area contributed by atoms with E-state index in [4.69, 9.17) is 9.85 Å². The number of urea groups is 1. The Bertz CT molecular complexity index is 66.7. The van der Waals surface area contributed by atoms with Gasteiger partial charge in [0.15, 0.2) is 0 Å². The summed E-state index contributed by atoms with van der Waals surface area (Å²) in [7, 11) is -0.103. The summed E-state index contributed by atoms with van der Waals surface area (Å²) < 4.78 is 4.72. The van der Waals surface area contributed by atoms with Crippen LogP contribution in [-0.4, -0.2) is 26.4 Å². The van der Waals surface area contributed by atoms with Crippen molar-refractivity contribution in [2.45, 2.75) is 0 Å². The highest BCUT2D eigenvalue weighted by Crippen LogP contribution is 1.50. The molecule has 0 radical (unpaired) electrons. The van der Waals surface area contributed by atoms with Gasteiger partial charge >= 0.3 is 6.03 Å². The first-order valence-electron chi connectivity index (χ1n) is 1.79. The molecule has 0 aliphatic rings. The lowest BCUT2D eigenvalue weighted by Crippen LogP contribution is -2.33. The van der Waals surface area contributed by atoms with Gasteiger partial charge in [-0.2, -0.15) is 0 Å². The number of amides is 2. The number of carbonyl (C=O) groups excluding carboxylic acids is 1. The van der Waals surface area contributed by atoms with Crippen LogP contribution in [0.3, 0.4) is 0 Å². The maximum atomic E-state index is 9.84. The van der Waals surface area contributed by atoms with Crippen LogP contribution in [0, 0.1) is 0 Å². The van der Waals surface area contributed by atoms with Crippen molar-refractivity contribution in [3.8, 4) is 0 Å². The zero-order valence-corrected chi connectivity index (χ0v) is 7.52. The predicted molar refractivity (Wildman–Crippen MR) is 32.3 cm³/mol. The molecule has 0 unspecified atom stereocenters. The lowest BCUT2D eigenvalue weighted by molar-refractivity contribution is 0.253. The lowest BCUT2D eigenvalue weighted by Gasteiger charge is -1.94. The molecule has 4 nitrogen and oxygen atoms in total. The minimum atomic E-state index is -0.789. The highest BCUT2D eigenvalue weighted by atomic mass is 28.3. The van der Waals surface area contributed by atoms with Crippen molar-refractivity contribution in [3.05, 3.63) is 0 Å². The predicted octanol–water partition coefficient (Wildman–Crippen LogP) is -3.05. The van der Waals surface area contributed by atoms with Crippen molar-refractivity contribution in [2.24, 2.45) is 5.73 Å². The zero-order chi connectivity index (χ0) is 5.70. The molecule has 6 heteroatoms. The zero-order valence-electron chi connectivity index (χ0n) is 4.10. The highest BCUT2D eigenvalue weighted by Gasteiger charge is 1.84. The Labute approximate surface area is 47.0 Å². The third-order valence-corrected chi connectivity index (χ3v) is 2.04. The average Bonchev–Trinajstić information content (AvgIpc) is 1.61. The van der Waals surface area contributed by atoms with Gasteiger partial charge in [0, 0.05) is 0 Å². The first kappa shape index (κ1) is 6.66. The van der Waals surface area contributed by atoms with E-state index >= 15 is 0 Å². The third-order valence-electron chi connectivity index (χ3n) is 0.391. The Kier molecular flexibility index (Phi) is 3.66. The molecule has 7 heavy (non-hydrogen) atoms. The van der Waals surface area contributed by atoms with Gasteiger partial charge in [-0.25, -0.2) is 4.79 Å². The first-order valence-corrected chi connectivity index (χ1v) is 3.89. The smallest absolute Gasteiger partial charge is 0.305 e. The van der Waals surface area contributed by atoms with E-state index in [2.05, 4.69) is 4.98 Å². The Hall–Kier alpha value is -0.336. The summed E-state index contributed by atoms with van der Waals surface area (Å²) in [6.07, 6.45) is 0. The van der Waals surface area contributed by atoms with Gasteiger partial charge < -0.3 is 14.8 Å². The van der Waals surface area contributed by atoms with E-state index in [9.17, 15) is 4.79 Å². The number of nitrogens with two attached hydrogens (primary N) is 1. The maximum absolute atomic E-state index is 9.84. The molecule has 0 heterocycles. The number of rotatable bonds is 2. The Balaban J connectivity index is 2.82. The molecule has 0 aromatic heterocycles. The van der Waals surface area contributed by atoms with E-state index in [1.807, 2.05) is 0 Å². The first-order chi connectivity index (χ1) is 3.27. The van der Waals surface area contributed by atoms with Crippen molar-refractivity contribution in [2.75, 3.05) is 0 Å². The maximum Gasteiger partial charge on any atom is 0.305 e. The molecule has 0 bridgehead atoms. The molecule has 0 aliphatic heterocycles. The number of hydrogen-bond acceptors (Lipinski definition) is 2. The molecule has 2 amide bonds. The quantitative estimate of drug-likeness (QED) is 0.396. The Morgan fingerprint density at radius 2 is 2.57 bits per heavy atom. The number of primary amides is 1. The fourth-order valence-corrected chi connectivity index (χ4v) is 0.863. The van der Waals surface area contributed by atoms with E-state index in [-0.39, 0.29) is 0 Å². The third kappa shape index (κ3) is 5.66. The van der Waals surface area contributed by atoms with Crippen LogP contribution in [0.4, 0.5) is 4.79 Å². The molecule has 42 valence electrons. The van der Waals surface area contributed by atoms with Crippen LogP contribution in [0.1, 0.15) is 0 Å². The highest BCUT2D eigenvalue weighted by molar-refractivity contribution is 6.35. The van der Waals surface area contributed by atoms with Gasteiger partial charge in [-0.1, -0.05) is 0 Å². The number of carbonyl (C=O) groups is 1. The summed E-state index contributed by atoms with van der Waals surface area (Å²) >= 11 is 0. The second-order valence-corrected chi connectivity index (χ2v) is 3.93. The van der Waals surface area contributed by atoms with Crippen LogP contribution < -0.4 is 10.7 Å². The van der Waals surface area contributed by atoms with Crippen LogP contribution in [0.2, 0.25) is 0 Å². The molecule has 3 N–H and O–H groups in total. The van der Waals surface area contributed by atoms with Gasteiger partial charge in [-0.05, 0) is 0 Å². The summed E-state index contributed by atoms with van der Waals surface area (Å²) in [6.45, 7) is 0. The molecule has 0 rings (SSSR count). The molecule has 0 aromatic carbocycles. The van der Waals surface area contributed by atoms with E-state index in [1.54, 1.807) is 0 Å². The SMILES string of the molecule is NC(=O)N[SiH2]O[SiH3].